The van der Waals surface area contributed by atoms with Crippen LogP contribution in [0.3, 0.4) is 0 Å². The zero-order chi connectivity index (χ0) is 17.3. The fourth-order valence-electron chi connectivity index (χ4n) is 4.15. The van der Waals surface area contributed by atoms with Crippen LogP contribution in [-0.2, 0) is 12.8 Å². The van der Waals surface area contributed by atoms with E-state index in [2.05, 4.69) is 89.2 Å². The molecule has 2 heteroatoms. The Balaban J connectivity index is 1.56. The second-order valence-electron chi connectivity index (χ2n) is 7.11. The van der Waals surface area contributed by atoms with Gasteiger partial charge < -0.3 is 10.3 Å². The largest absolute Gasteiger partial charge is 0.357 e. The van der Waals surface area contributed by atoms with Crippen LogP contribution in [0.5, 0.6) is 0 Å². The molecule has 26 heavy (non-hydrogen) atoms. The van der Waals surface area contributed by atoms with Crippen LogP contribution in [-0.4, -0.2) is 11.5 Å². The van der Waals surface area contributed by atoms with E-state index in [1.54, 1.807) is 0 Å². The summed E-state index contributed by atoms with van der Waals surface area (Å²) in [6.45, 7) is 1.02. The standard InChI is InChI=1S/C24H22N2/c1-3-7-17(8-4-1)15-18-11-12-22-21(16-18)20-13-14-25-23(24(20)26-22)19-9-5-2-6-10-19/h1-12,16,23,25-26H,13-15H2. The third-order valence-electron chi connectivity index (χ3n) is 5.40. The lowest BCUT2D eigenvalue weighted by Crippen LogP contribution is -2.30. The van der Waals surface area contributed by atoms with Gasteiger partial charge in [-0.1, -0.05) is 66.7 Å². The van der Waals surface area contributed by atoms with Gasteiger partial charge >= 0.3 is 0 Å². The maximum atomic E-state index is 3.69. The molecule has 0 bridgehead atoms. The van der Waals surface area contributed by atoms with Crippen LogP contribution in [0.25, 0.3) is 10.9 Å². The molecular formula is C24H22N2. The number of aromatic amines is 1. The quantitative estimate of drug-likeness (QED) is 0.541. The Labute approximate surface area is 153 Å². The lowest BCUT2D eigenvalue weighted by Gasteiger charge is -2.24. The summed E-state index contributed by atoms with van der Waals surface area (Å²) in [7, 11) is 0. The first-order valence-electron chi connectivity index (χ1n) is 9.34. The summed E-state index contributed by atoms with van der Waals surface area (Å²) < 4.78 is 0. The predicted molar refractivity (Wildman–Crippen MR) is 108 cm³/mol. The van der Waals surface area contributed by atoms with Crippen LogP contribution in [0.4, 0.5) is 0 Å². The van der Waals surface area contributed by atoms with Crippen LogP contribution in [0, 0.1) is 0 Å². The fourth-order valence-corrected chi connectivity index (χ4v) is 4.15. The first kappa shape index (κ1) is 15.4. The number of hydrogen-bond acceptors (Lipinski definition) is 1. The molecular weight excluding hydrogens is 316 g/mol. The van der Waals surface area contributed by atoms with Crippen LogP contribution < -0.4 is 5.32 Å². The van der Waals surface area contributed by atoms with E-state index in [1.165, 1.54) is 38.9 Å². The highest BCUT2D eigenvalue weighted by Gasteiger charge is 2.25. The highest BCUT2D eigenvalue weighted by atomic mass is 15.0. The number of hydrogen-bond donors (Lipinski definition) is 2. The monoisotopic (exact) mass is 338 g/mol. The minimum absolute atomic E-state index is 0.255. The van der Waals surface area contributed by atoms with Gasteiger partial charge in [0.1, 0.15) is 0 Å². The van der Waals surface area contributed by atoms with Crippen molar-refractivity contribution in [3.63, 3.8) is 0 Å². The molecule has 0 fully saturated rings. The summed E-state index contributed by atoms with van der Waals surface area (Å²) in [5.74, 6) is 0. The molecule has 3 aromatic carbocycles. The van der Waals surface area contributed by atoms with Crippen molar-refractivity contribution in [3.8, 4) is 0 Å². The van der Waals surface area contributed by atoms with Crippen molar-refractivity contribution in [1.29, 1.82) is 0 Å². The third kappa shape index (κ3) is 2.73. The van der Waals surface area contributed by atoms with Crippen LogP contribution >= 0.6 is 0 Å². The van der Waals surface area contributed by atoms with Crippen LogP contribution in [0.2, 0.25) is 0 Å². The van der Waals surface area contributed by atoms with Crippen LogP contribution in [0.1, 0.15) is 34.0 Å². The lowest BCUT2D eigenvalue weighted by molar-refractivity contribution is 0.560. The highest BCUT2D eigenvalue weighted by Crippen LogP contribution is 2.34. The minimum Gasteiger partial charge on any atom is -0.357 e. The smallest absolute Gasteiger partial charge is 0.0732 e. The van der Waals surface area contributed by atoms with E-state index in [9.17, 15) is 0 Å². The van der Waals surface area contributed by atoms with Gasteiger partial charge in [-0.05, 0) is 47.2 Å². The molecule has 1 atom stereocenters. The van der Waals surface area contributed by atoms with Crippen molar-refractivity contribution < 1.29 is 0 Å². The lowest BCUT2D eigenvalue weighted by atomic mass is 9.93. The molecule has 0 saturated heterocycles. The maximum absolute atomic E-state index is 3.69. The topological polar surface area (TPSA) is 27.8 Å². The van der Waals surface area contributed by atoms with Crippen molar-refractivity contribution >= 4 is 10.9 Å². The molecule has 2 nitrogen and oxygen atoms in total. The summed E-state index contributed by atoms with van der Waals surface area (Å²) in [6, 6.07) is 28.6. The summed E-state index contributed by atoms with van der Waals surface area (Å²) in [5.41, 5.74) is 8.11. The maximum Gasteiger partial charge on any atom is 0.0732 e. The summed E-state index contributed by atoms with van der Waals surface area (Å²) in [6.07, 6.45) is 2.06. The Hall–Kier alpha value is -2.84. The summed E-state index contributed by atoms with van der Waals surface area (Å²) in [5, 5.41) is 5.06. The van der Waals surface area contributed by atoms with Gasteiger partial charge in [0.05, 0.1) is 6.04 Å². The zero-order valence-electron chi connectivity index (χ0n) is 14.7. The van der Waals surface area contributed by atoms with E-state index in [0.29, 0.717) is 0 Å². The molecule has 1 aliphatic rings. The highest BCUT2D eigenvalue weighted by molar-refractivity contribution is 5.86. The molecule has 1 aromatic heterocycles. The van der Waals surface area contributed by atoms with Gasteiger partial charge in [0.2, 0.25) is 0 Å². The van der Waals surface area contributed by atoms with Gasteiger partial charge in [0.25, 0.3) is 0 Å². The Morgan fingerprint density at radius 1 is 0.808 bits per heavy atom. The average Bonchev–Trinajstić information content (AvgIpc) is 3.08. The average molecular weight is 338 g/mol. The molecule has 0 spiro atoms. The fraction of sp³-hybridized carbons (Fsp3) is 0.167. The minimum atomic E-state index is 0.255. The predicted octanol–water partition coefficient (Wildman–Crippen LogP) is 4.99. The number of benzene rings is 3. The molecule has 1 unspecified atom stereocenters. The second-order valence-corrected chi connectivity index (χ2v) is 7.11. The van der Waals surface area contributed by atoms with E-state index in [0.717, 1.165) is 19.4 Å². The molecule has 0 aliphatic carbocycles. The van der Waals surface area contributed by atoms with E-state index >= 15 is 0 Å². The van der Waals surface area contributed by atoms with Gasteiger partial charge in [-0.15, -0.1) is 0 Å². The second kappa shape index (κ2) is 6.47. The van der Waals surface area contributed by atoms with Crippen molar-refractivity contribution in [1.82, 2.24) is 10.3 Å². The Kier molecular flexibility index (Phi) is 3.84. The van der Waals surface area contributed by atoms with Crippen molar-refractivity contribution in [2.75, 3.05) is 6.54 Å². The number of nitrogens with one attached hydrogen (secondary N) is 2. The number of H-pyrrole nitrogens is 1. The summed E-state index contributed by atoms with van der Waals surface area (Å²) >= 11 is 0. The van der Waals surface area contributed by atoms with Gasteiger partial charge in [-0.25, -0.2) is 0 Å². The SMILES string of the molecule is c1ccc(Cc2ccc3[nH]c4c(c3c2)CCNC4c2ccccc2)cc1. The molecule has 2 heterocycles. The molecule has 2 N–H and O–H groups in total. The first-order valence-corrected chi connectivity index (χ1v) is 9.34. The normalized spacial score (nSPS) is 16.5. The molecule has 1 aliphatic heterocycles. The van der Waals surface area contributed by atoms with Gasteiger partial charge in [0.15, 0.2) is 0 Å². The van der Waals surface area contributed by atoms with E-state index in [-0.39, 0.29) is 6.04 Å². The number of fused-ring (bicyclic) bond motifs is 3. The molecule has 128 valence electrons. The van der Waals surface area contributed by atoms with E-state index in [1.807, 2.05) is 0 Å². The van der Waals surface area contributed by atoms with Crippen molar-refractivity contribution in [3.05, 3.63) is 107 Å². The first-order chi connectivity index (χ1) is 12.9. The summed E-state index contributed by atoms with van der Waals surface area (Å²) in [4.78, 5) is 3.69. The molecule has 0 radical (unpaired) electrons. The van der Waals surface area contributed by atoms with Crippen molar-refractivity contribution in [2.24, 2.45) is 0 Å². The van der Waals surface area contributed by atoms with Gasteiger partial charge in [-0.3, -0.25) is 0 Å². The third-order valence-corrected chi connectivity index (χ3v) is 5.40. The molecule has 0 amide bonds. The Morgan fingerprint density at radius 2 is 1.58 bits per heavy atom. The Morgan fingerprint density at radius 3 is 2.38 bits per heavy atom. The van der Waals surface area contributed by atoms with Gasteiger partial charge in [0, 0.05) is 23.1 Å². The number of aromatic nitrogens is 1. The van der Waals surface area contributed by atoms with E-state index in [4.69, 9.17) is 0 Å². The number of rotatable bonds is 3. The van der Waals surface area contributed by atoms with Crippen LogP contribution in [0.15, 0.2) is 78.9 Å². The molecule has 0 saturated carbocycles. The van der Waals surface area contributed by atoms with Gasteiger partial charge in [-0.2, -0.15) is 0 Å². The van der Waals surface area contributed by atoms with Crippen molar-refractivity contribution in [2.45, 2.75) is 18.9 Å². The molecule has 4 aromatic rings. The molecule has 5 rings (SSSR count). The van der Waals surface area contributed by atoms with E-state index < -0.39 is 0 Å². The Bertz CT molecular complexity index is 1030. The zero-order valence-corrected chi connectivity index (χ0v) is 14.7.